The van der Waals surface area contributed by atoms with E-state index in [4.69, 9.17) is 14.9 Å². The minimum absolute atomic E-state index is 0.360. The van der Waals surface area contributed by atoms with Gasteiger partial charge in [0.05, 0.1) is 11.5 Å². The summed E-state index contributed by atoms with van der Waals surface area (Å²) in [5.41, 5.74) is 8.92. The Balaban J connectivity index is 1.22. The third-order valence-electron chi connectivity index (χ3n) is 5.07. The van der Waals surface area contributed by atoms with Crippen LogP contribution < -0.4 is 36.8 Å². The van der Waals surface area contributed by atoms with Crippen molar-refractivity contribution in [2.24, 2.45) is 10.7 Å². The van der Waals surface area contributed by atoms with Gasteiger partial charge in [0.15, 0.2) is 0 Å². The van der Waals surface area contributed by atoms with Crippen molar-refractivity contribution < 1.29 is 13.9 Å². The Hall–Kier alpha value is -4.72. The summed E-state index contributed by atoms with van der Waals surface area (Å²) in [5.74, 6) is 1.93. The number of hydrogen-bond acceptors (Lipinski definition) is 6. The first-order chi connectivity index (χ1) is 16.2. The normalized spacial score (nSPS) is 12.5. The van der Waals surface area contributed by atoms with Crippen LogP contribution in [0.25, 0.3) is 5.82 Å². The smallest absolute Gasteiger partial charge is 0.323 e. The van der Waals surface area contributed by atoms with E-state index in [0.29, 0.717) is 35.2 Å². The molecule has 8 heteroatoms. The predicted octanol–water partition coefficient (Wildman–Crippen LogP) is 3.84. The Morgan fingerprint density at radius 3 is 2.48 bits per heavy atom. The lowest BCUT2D eigenvalue weighted by Gasteiger charge is -2.24. The number of nitrogens with two attached hydrogens (primary N) is 1. The van der Waals surface area contributed by atoms with Crippen LogP contribution in [0.5, 0.6) is 11.5 Å². The molecule has 0 atom stereocenters. The van der Waals surface area contributed by atoms with Crippen molar-refractivity contribution in [3.63, 3.8) is 0 Å². The van der Waals surface area contributed by atoms with Crippen LogP contribution in [0.4, 0.5) is 21.9 Å². The summed E-state index contributed by atoms with van der Waals surface area (Å²) in [4.78, 5) is 18.7. The molecular formula is C25H21N5O3. The van der Waals surface area contributed by atoms with E-state index >= 15 is 0 Å². The Morgan fingerprint density at radius 1 is 0.909 bits per heavy atom. The second-order valence-electron chi connectivity index (χ2n) is 7.32. The summed E-state index contributed by atoms with van der Waals surface area (Å²) in [5, 5.41) is 6.41. The van der Waals surface area contributed by atoms with Crippen LogP contribution in [0.3, 0.4) is 0 Å². The minimum atomic E-state index is -0.360. The first kappa shape index (κ1) is 20.2. The Kier molecular flexibility index (Phi) is 5.38. The summed E-state index contributed by atoms with van der Waals surface area (Å²) in [6.45, 7) is 0.362. The highest BCUT2D eigenvalue weighted by Gasteiger charge is 2.15. The number of fused-ring (bicyclic) bond motifs is 1. The second kappa shape index (κ2) is 8.80. The van der Waals surface area contributed by atoms with Crippen LogP contribution in [0, 0.1) is 0 Å². The summed E-state index contributed by atoms with van der Waals surface area (Å²) in [6.07, 6.45) is 1.57. The van der Waals surface area contributed by atoms with Crippen molar-refractivity contribution >= 4 is 28.9 Å². The number of rotatable bonds is 5. The van der Waals surface area contributed by atoms with E-state index in [1.54, 1.807) is 24.5 Å². The highest BCUT2D eigenvalue weighted by Crippen LogP contribution is 2.24. The molecular weight excluding hydrogens is 418 g/mol. The van der Waals surface area contributed by atoms with Gasteiger partial charge in [-0.25, -0.2) is 9.79 Å². The topological polar surface area (TPSA) is 105 Å². The number of ether oxygens (including phenoxy) is 1. The number of urea groups is 1. The Morgan fingerprint density at radius 2 is 1.67 bits per heavy atom. The number of carbonyl (C=O) groups excluding carboxylic acids is 1. The molecule has 1 aliphatic rings. The SMILES string of the molecule is NC1=c2ccoc2=NCN1c1ccc(NC(=O)Nc2cccc(Oc3ccccc3)c2)cc1. The largest absolute Gasteiger partial charge is 0.457 e. The van der Waals surface area contributed by atoms with Crippen molar-refractivity contribution in [1.29, 1.82) is 0 Å². The summed E-state index contributed by atoms with van der Waals surface area (Å²) in [7, 11) is 0. The molecule has 164 valence electrons. The fraction of sp³-hybridized carbons (Fsp3) is 0.0400. The van der Waals surface area contributed by atoms with E-state index in [-0.39, 0.29) is 6.03 Å². The molecule has 0 radical (unpaired) electrons. The molecule has 0 bridgehead atoms. The standard InChI is InChI=1S/C25H21N5O3/c26-23-22-13-14-32-24(22)27-16-30(23)19-11-9-17(10-12-19)28-25(31)29-18-5-4-8-21(15-18)33-20-6-2-1-3-7-20/h1-15H,16,26H2,(H2,28,29,31). The Labute approximate surface area is 189 Å². The molecule has 5 rings (SSSR count). The minimum Gasteiger partial charge on any atom is -0.457 e. The summed E-state index contributed by atoms with van der Waals surface area (Å²) < 4.78 is 11.1. The highest BCUT2D eigenvalue weighted by molar-refractivity contribution is 6.00. The molecule has 2 heterocycles. The van der Waals surface area contributed by atoms with E-state index < -0.39 is 0 Å². The average Bonchev–Trinajstić information content (AvgIpc) is 3.31. The number of amides is 2. The van der Waals surface area contributed by atoms with Crippen molar-refractivity contribution in [3.05, 3.63) is 102 Å². The van der Waals surface area contributed by atoms with Gasteiger partial charge in [-0.2, -0.15) is 0 Å². The zero-order valence-electron chi connectivity index (χ0n) is 17.6. The van der Waals surface area contributed by atoms with Gasteiger partial charge in [0.1, 0.15) is 24.0 Å². The zero-order chi connectivity index (χ0) is 22.6. The molecule has 0 unspecified atom stereocenters. The van der Waals surface area contributed by atoms with E-state index in [0.717, 1.165) is 16.7 Å². The third kappa shape index (κ3) is 4.49. The third-order valence-corrected chi connectivity index (χ3v) is 5.07. The van der Waals surface area contributed by atoms with Crippen LogP contribution in [0.2, 0.25) is 0 Å². The number of hydrogen-bond donors (Lipinski definition) is 3. The van der Waals surface area contributed by atoms with E-state index in [2.05, 4.69) is 15.6 Å². The lowest BCUT2D eigenvalue weighted by atomic mass is 10.2. The van der Waals surface area contributed by atoms with Crippen LogP contribution in [0.1, 0.15) is 0 Å². The average molecular weight is 439 g/mol. The number of nitrogens with one attached hydrogen (secondary N) is 2. The van der Waals surface area contributed by atoms with E-state index in [1.807, 2.05) is 71.6 Å². The van der Waals surface area contributed by atoms with Gasteiger partial charge in [0, 0.05) is 23.1 Å². The maximum absolute atomic E-state index is 12.5. The van der Waals surface area contributed by atoms with Gasteiger partial charge < -0.3 is 30.4 Å². The first-order valence-electron chi connectivity index (χ1n) is 10.3. The molecule has 0 spiro atoms. The molecule has 1 aromatic heterocycles. The lowest BCUT2D eigenvalue weighted by Crippen LogP contribution is -2.42. The van der Waals surface area contributed by atoms with E-state index in [9.17, 15) is 4.79 Å². The van der Waals surface area contributed by atoms with Crippen molar-refractivity contribution in [2.45, 2.75) is 0 Å². The van der Waals surface area contributed by atoms with Crippen molar-refractivity contribution in [1.82, 2.24) is 0 Å². The summed E-state index contributed by atoms with van der Waals surface area (Å²) in [6, 6.07) is 25.5. The number of nitrogens with zero attached hydrogens (tertiary/aromatic N) is 2. The van der Waals surface area contributed by atoms with Crippen LogP contribution in [0.15, 0.2) is 101 Å². The van der Waals surface area contributed by atoms with Crippen molar-refractivity contribution in [2.75, 3.05) is 22.2 Å². The molecule has 4 aromatic rings. The number of para-hydroxylation sites is 1. The number of carbonyl (C=O) groups is 1. The first-order valence-corrected chi connectivity index (χ1v) is 10.3. The summed E-state index contributed by atoms with van der Waals surface area (Å²) >= 11 is 0. The predicted molar refractivity (Wildman–Crippen MR) is 126 cm³/mol. The molecule has 2 amide bonds. The molecule has 0 fully saturated rings. The molecule has 0 saturated carbocycles. The monoisotopic (exact) mass is 439 g/mol. The molecule has 0 aliphatic carbocycles. The van der Waals surface area contributed by atoms with Gasteiger partial charge >= 0.3 is 6.03 Å². The van der Waals surface area contributed by atoms with Gasteiger partial charge in [-0.3, -0.25) is 0 Å². The van der Waals surface area contributed by atoms with Gasteiger partial charge in [0.25, 0.3) is 0 Å². The highest BCUT2D eigenvalue weighted by atomic mass is 16.5. The van der Waals surface area contributed by atoms with Gasteiger partial charge in [-0.1, -0.05) is 24.3 Å². The molecule has 0 saturated heterocycles. The fourth-order valence-corrected chi connectivity index (χ4v) is 3.48. The Bertz CT molecular complexity index is 1400. The lowest BCUT2D eigenvalue weighted by molar-refractivity contribution is 0.262. The second-order valence-corrected chi connectivity index (χ2v) is 7.32. The molecule has 3 aromatic carbocycles. The van der Waals surface area contributed by atoms with Crippen LogP contribution in [-0.2, 0) is 0 Å². The maximum atomic E-state index is 12.5. The zero-order valence-corrected chi connectivity index (χ0v) is 17.6. The van der Waals surface area contributed by atoms with E-state index in [1.165, 1.54) is 0 Å². The van der Waals surface area contributed by atoms with Gasteiger partial charge in [-0.05, 0) is 54.6 Å². The van der Waals surface area contributed by atoms with Crippen LogP contribution >= 0.6 is 0 Å². The molecule has 8 nitrogen and oxygen atoms in total. The van der Waals surface area contributed by atoms with Gasteiger partial charge in [0.2, 0.25) is 5.55 Å². The fourth-order valence-electron chi connectivity index (χ4n) is 3.48. The molecule has 4 N–H and O–H groups in total. The quantitative estimate of drug-likeness (QED) is 0.438. The number of anilines is 3. The number of furan rings is 1. The van der Waals surface area contributed by atoms with Crippen LogP contribution in [-0.4, -0.2) is 12.7 Å². The number of benzene rings is 3. The molecule has 1 aliphatic heterocycles. The molecule has 33 heavy (non-hydrogen) atoms. The van der Waals surface area contributed by atoms with Gasteiger partial charge in [-0.15, -0.1) is 0 Å². The maximum Gasteiger partial charge on any atom is 0.323 e. The van der Waals surface area contributed by atoms with Crippen molar-refractivity contribution in [3.8, 4) is 11.5 Å².